The lowest BCUT2D eigenvalue weighted by molar-refractivity contribution is -0.116. The Morgan fingerprint density at radius 1 is 1.44 bits per heavy atom. The molecule has 4 nitrogen and oxygen atoms in total. The van der Waals surface area contributed by atoms with Crippen LogP contribution in [0.15, 0.2) is 12.2 Å². The Morgan fingerprint density at radius 2 is 2.11 bits per heavy atom. The normalized spacial score (nSPS) is 18.9. The summed E-state index contributed by atoms with van der Waals surface area (Å²) in [6, 6.07) is -0.451. The molecule has 3 amide bonds. The molecule has 1 aliphatic heterocycles. The lowest BCUT2D eigenvalue weighted by Gasteiger charge is -2.13. The van der Waals surface area contributed by atoms with Gasteiger partial charge in [-0.2, -0.15) is 0 Å². The van der Waals surface area contributed by atoms with Crippen molar-refractivity contribution in [2.75, 3.05) is 6.54 Å². The number of hydrogen-bond acceptors (Lipinski definition) is 2. The van der Waals surface area contributed by atoms with Crippen LogP contribution in [0.4, 0.5) is 4.79 Å². The second-order valence-corrected chi connectivity index (χ2v) is 1.74. The number of hydrogen-bond donors (Lipinski definition) is 2. The zero-order valence-electron chi connectivity index (χ0n) is 4.73. The van der Waals surface area contributed by atoms with E-state index < -0.39 is 11.9 Å². The monoisotopic (exact) mass is 126 g/mol. The Morgan fingerprint density at radius 3 is 2.56 bits per heavy atom. The molecule has 0 radical (unpaired) electrons. The summed E-state index contributed by atoms with van der Waals surface area (Å²) in [6.07, 6.45) is 0. The van der Waals surface area contributed by atoms with Crippen molar-refractivity contribution in [1.29, 1.82) is 0 Å². The van der Waals surface area contributed by atoms with Crippen LogP contribution in [0, 0.1) is 0 Å². The van der Waals surface area contributed by atoms with Crippen LogP contribution >= 0.6 is 0 Å². The lowest BCUT2D eigenvalue weighted by atomic mass is 10.2. The van der Waals surface area contributed by atoms with Crippen molar-refractivity contribution in [3.05, 3.63) is 12.2 Å². The summed E-state index contributed by atoms with van der Waals surface area (Å²) in [5, 5.41) is 4.43. The van der Waals surface area contributed by atoms with E-state index in [4.69, 9.17) is 0 Å². The van der Waals surface area contributed by atoms with Gasteiger partial charge in [0.15, 0.2) is 0 Å². The molecule has 2 N–H and O–H groups in total. The van der Waals surface area contributed by atoms with E-state index in [9.17, 15) is 9.59 Å². The molecule has 0 spiro atoms. The van der Waals surface area contributed by atoms with Gasteiger partial charge < -0.3 is 5.32 Å². The predicted octanol–water partition coefficient (Wildman–Crippen LogP) is -0.618. The molecule has 0 aliphatic carbocycles. The maximum atomic E-state index is 10.5. The summed E-state index contributed by atoms with van der Waals surface area (Å²) in [6.45, 7) is 3.66. The molecule has 1 fully saturated rings. The highest BCUT2D eigenvalue weighted by Gasteiger charge is 2.16. The number of urea groups is 1. The average molecular weight is 126 g/mol. The van der Waals surface area contributed by atoms with E-state index >= 15 is 0 Å². The number of carbonyl (C=O) groups is 2. The molecule has 0 saturated carbocycles. The van der Waals surface area contributed by atoms with Crippen molar-refractivity contribution in [3.8, 4) is 0 Å². The molecule has 0 aromatic carbocycles. The second kappa shape index (κ2) is 1.89. The van der Waals surface area contributed by atoms with Gasteiger partial charge in [0.1, 0.15) is 0 Å². The Bertz CT molecular complexity index is 185. The maximum Gasteiger partial charge on any atom is 0.321 e. The Balaban J connectivity index is 2.64. The molecule has 0 atom stereocenters. The Labute approximate surface area is 51.9 Å². The molecule has 0 aromatic rings. The van der Waals surface area contributed by atoms with Crippen LogP contribution in [0.25, 0.3) is 0 Å². The maximum absolute atomic E-state index is 10.5. The SMILES string of the molecule is C=C1CNC(=O)NC1=O. The van der Waals surface area contributed by atoms with Gasteiger partial charge in [-0.15, -0.1) is 0 Å². The van der Waals surface area contributed by atoms with Gasteiger partial charge in [0.25, 0.3) is 5.91 Å². The minimum absolute atomic E-state index is 0.255. The van der Waals surface area contributed by atoms with Gasteiger partial charge >= 0.3 is 6.03 Å². The van der Waals surface area contributed by atoms with Crippen molar-refractivity contribution in [3.63, 3.8) is 0 Å². The minimum atomic E-state index is -0.451. The largest absolute Gasteiger partial charge is 0.334 e. The third-order valence-corrected chi connectivity index (χ3v) is 1.01. The molecular formula is C5H6N2O2. The summed E-state index contributed by atoms with van der Waals surface area (Å²) >= 11 is 0. The highest BCUT2D eigenvalue weighted by Crippen LogP contribution is 1.91. The van der Waals surface area contributed by atoms with E-state index in [-0.39, 0.29) is 6.54 Å². The van der Waals surface area contributed by atoms with E-state index in [1.165, 1.54) is 0 Å². The zero-order valence-corrected chi connectivity index (χ0v) is 4.73. The molecule has 0 aromatic heterocycles. The van der Waals surface area contributed by atoms with Gasteiger partial charge in [0.05, 0.1) is 0 Å². The first-order chi connectivity index (χ1) is 4.20. The molecule has 1 heterocycles. The minimum Gasteiger partial charge on any atom is -0.334 e. The van der Waals surface area contributed by atoms with Crippen LogP contribution in [-0.4, -0.2) is 18.5 Å². The first kappa shape index (κ1) is 5.81. The summed E-state index contributed by atoms with van der Waals surface area (Å²) in [5.41, 5.74) is 0.384. The van der Waals surface area contributed by atoms with Crippen LogP contribution in [0.2, 0.25) is 0 Å². The second-order valence-electron chi connectivity index (χ2n) is 1.74. The quantitative estimate of drug-likeness (QED) is 0.425. The van der Waals surface area contributed by atoms with Crippen molar-refractivity contribution in [2.45, 2.75) is 0 Å². The van der Waals surface area contributed by atoms with E-state index in [2.05, 4.69) is 11.9 Å². The molecule has 0 unspecified atom stereocenters. The molecule has 9 heavy (non-hydrogen) atoms. The van der Waals surface area contributed by atoms with Gasteiger partial charge in [-0.25, -0.2) is 4.79 Å². The zero-order chi connectivity index (χ0) is 6.85. The van der Waals surface area contributed by atoms with Gasteiger partial charge in [-0.05, 0) is 0 Å². The number of carbonyl (C=O) groups excluding carboxylic acids is 2. The molecule has 1 rings (SSSR count). The third kappa shape index (κ3) is 1.07. The Kier molecular flexibility index (Phi) is 1.22. The molecule has 1 saturated heterocycles. The van der Waals surface area contributed by atoms with Crippen LogP contribution in [-0.2, 0) is 4.79 Å². The third-order valence-electron chi connectivity index (χ3n) is 1.01. The fourth-order valence-electron chi connectivity index (χ4n) is 0.503. The lowest BCUT2D eigenvalue weighted by Crippen LogP contribution is -2.47. The molecule has 48 valence electrons. The van der Waals surface area contributed by atoms with E-state index in [0.29, 0.717) is 5.57 Å². The number of imide groups is 1. The fraction of sp³-hybridized carbons (Fsp3) is 0.200. The Hall–Kier alpha value is -1.32. The molecule has 0 bridgehead atoms. The van der Waals surface area contributed by atoms with Crippen LogP contribution in [0.5, 0.6) is 0 Å². The van der Waals surface area contributed by atoms with Crippen LogP contribution in [0.3, 0.4) is 0 Å². The van der Waals surface area contributed by atoms with Gasteiger partial charge in [-0.3, -0.25) is 10.1 Å². The topological polar surface area (TPSA) is 58.2 Å². The van der Waals surface area contributed by atoms with Crippen LogP contribution in [0.1, 0.15) is 0 Å². The van der Waals surface area contributed by atoms with E-state index in [1.807, 2.05) is 5.32 Å². The fourth-order valence-corrected chi connectivity index (χ4v) is 0.503. The van der Waals surface area contributed by atoms with E-state index in [1.54, 1.807) is 0 Å². The molecule has 1 aliphatic rings. The summed E-state index contributed by atoms with van der Waals surface area (Å²) in [7, 11) is 0. The highest BCUT2D eigenvalue weighted by molar-refractivity contribution is 6.06. The van der Waals surface area contributed by atoms with Crippen molar-refractivity contribution in [2.24, 2.45) is 0 Å². The highest BCUT2D eigenvalue weighted by atomic mass is 16.2. The first-order valence-corrected chi connectivity index (χ1v) is 2.47. The standard InChI is InChI=1S/C5H6N2O2/c1-3-2-6-5(9)7-4(3)8/h1-2H2,(H2,6,7,8,9). The van der Waals surface area contributed by atoms with Crippen molar-refractivity contribution >= 4 is 11.9 Å². The molecular weight excluding hydrogens is 120 g/mol. The smallest absolute Gasteiger partial charge is 0.321 e. The number of amides is 3. The predicted molar refractivity (Wildman–Crippen MR) is 30.7 cm³/mol. The van der Waals surface area contributed by atoms with Crippen molar-refractivity contribution in [1.82, 2.24) is 10.6 Å². The van der Waals surface area contributed by atoms with Gasteiger partial charge in [0, 0.05) is 12.1 Å². The summed E-state index contributed by atoms with van der Waals surface area (Å²) in [4.78, 5) is 20.9. The van der Waals surface area contributed by atoms with Gasteiger partial charge in [-0.1, -0.05) is 6.58 Å². The summed E-state index contributed by atoms with van der Waals surface area (Å²) < 4.78 is 0. The molecule has 4 heteroatoms. The summed E-state index contributed by atoms with van der Waals surface area (Å²) in [5.74, 6) is -0.390. The number of nitrogens with one attached hydrogen (secondary N) is 2. The first-order valence-electron chi connectivity index (χ1n) is 2.47. The van der Waals surface area contributed by atoms with Gasteiger partial charge in [0.2, 0.25) is 0 Å². The van der Waals surface area contributed by atoms with Crippen LogP contribution < -0.4 is 10.6 Å². The number of rotatable bonds is 0. The average Bonchev–Trinajstić information content (AvgIpc) is 1.80. The van der Waals surface area contributed by atoms with Crippen molar-refractivity contribution < 1.29 is 9.59 Å². The van der Waals surface area contributed by atoms with E-state index in [0.717, 1.165) is 0 Å².